The van der Waals surface area contributed by atoms with Crippen LogP contribution in [0.1, 0.15) is 23.6 Å². The highest BCUT2D eigenvalue weighted by molar-refractivity contribution is 7.22. The van der Waals surface area contributed by atoms with Crippen molar-refractivity contribution in [3.63, 3.8) is 0 Å². The smallest absolute Gasteiger partial charge is 0.310 e. The number of carbonyl (C=O) groups excluding carboxylic acids is 1. The summed E-state index contributed by atoms with van der Waals surface area (Å²) in [5.41, 5.74) is 3.46. The summed E-state index contributed by atoms with van der Waals surface area (Å²) < 4.78 is 10.4. The molecule has 2 aromatic carbocycles. The molecule has 1 N–H and O–H groups in total. The average molecular weight is 477 g/mol. The summed E-state index contributed by atoms with van der Waals surface area (Å²) >= 11 is 1.55. The van der Waals surface area contributed by atoms with Crippen LogP contribution in [-0.2, 0) is 29.0 Å². The number of rotatable bonds is 9. The Kier molecular flexibility index (Phi) is 7.45. The number of nitrogens with one attached hydrogen (secondary N) is 1. The van der Waals surface area contributed by atoms with Gasteiger partial charge in [-0.2, -0.15) is 0 Å². The van der Waals surface area contributed by atoms with Crippen molar-refractivity contribution in [1.29, 1.82) is 0 Å². The summed E-state index contributed by atoms with van der Waals surface area (Å²) in [5, 5.41) is 0.637. The van der Waals surface area contributed by atoms with Crippen LogP contribution in [0.25, 0.3) is 20.7 Å². The van der Waals surface area contributed by atoms with Gasteiger partial charge in [0.05, 0.1) is 25.5 Å². The topological polar surface area (TPSA) is 71.6 Å². The van der Waals surface area contributed by atoms with Gasteiger partial charge in [0.2, 0.25) is 0 Å². The van der Waals surface area contributed by atoms with E-state index in [-0.39, 0.29) is 18.5 Å². The minimum atomic E-state index is -0.402. The van der Waals surface area contributed by atoms with Crippen molar-refractivity contribution in [2.75, 3.05) is 20.8 Å². The number of ether oxygens (including phenoxy) is 2. The van der Waals surface area contributed by atoms with Crippen LogP contribution in [0.2, 0.25) is 0 Å². The van der Waals surface area contributed by atoms with Crippen LogP contribution in [0.5, 0.6) is 5.75 Å². The molecule has 6 nitrogen and oxygen atoms in total. The van der Waals surface area contributed by atoms with Gasteiger partial charge in [-0.1, -0.05) is 30.3 Å². The molecule has 0 saturated heterocycles. The van der Waals surface area contributed by atoms with Crippen molar-refractivity contribution in [2.45, 2.75) is 26.4 Å². The second kappa shape index (κ2) is 10.7. The van der Waals surface area contributed by atoms with Crippen molar-refractivity contribution >= 4 is 27.5 Å². The molecule has 0 aliphatic heterocycles. The number of carbonyl (C=O) groups is 1. The Labute approximate surface area is 202 Å². The third kappa shape index (κ3) is 5.21. The van der Waals surface area contributed by atoms with Gasteiger partial charge >= 0.3 is 5.97 Å². The van der Waals surface area contributed by atoms with Crippen LogP contribution in [0.15, 0.2) is 65.6 Å². The van der Waals surface area contributed by atoms with Crippen LogP contribution in [0.4, 0.5) is 0 Å². The maximum Gasteiger partial charge on any atom is 0.310 e. The summed E-state index contributed by atoms with van der Waals surface area (Å²) in [6, 6.07) is 18.1. The molecule has 0 aliphatic carbocycles. The molecule has 0 bridgehead atoms. The van der Waals surface area contributed by atoms with E-state index in [1.807, 2.05) is 49.5 Å². The van der Waals surface area contributed by atoms with E-state index in [4.69, 9.17) is 9.47 Å². The number of esters is 1. The molecule has 0 amide bonds. The molecule has 4 aromatic rings. The highest BCUT2D eigenvalue weighted by Crippen LogP contribution is 2.38. The summed E-state index contributed by atoms with van der Waals surface area (Å²) in [6.07, 6.45) is 1.58. The number of methoxy groups -OCH3 is 1. The molecular weight excluding hydrogens is 448 g/mol. The predicted molar refractivity (Wildman–Crippen MR) is 136 cm³/mol. The fourth-order valence-corrected chi connectivity index (χ4v) is 5.22. The first-order chi connectivity index (χ1) is 16.5. The standard InChI is InChI=1S/C27H28N2O4S/c1-4-33-23(30)14-20-15-28-27-24(25(20)31)22(17-29(2)16-18-8-6-5-7-9-18)26(34-27)19-10-12-21(32-3)13-11-19/h5-13,15H,4,14,16-17H2,1-3H3,(H,28,31). The highest BCUT2D eigenvalue weighted by Gasteiger charge is 2.21. The van der Waals surface area contributed by atoms with Gasteiger partial charge < -0.3 is 14.5 Å². The number of benzene rings is 2. The molecular formula is C27H28N2O4S. The molecule has 0 atom stereocenters. The third-order valence-electron chi connectivity index (χ3n) is 5.62. The fourth-order valence-electron chi connectivity index (χ4n) is 4.03. The largest absolute Gasteiger partial charge is 0.497 e. The monoisotopic (exact) mass is 476 g/mol. The highest BCUT2D eigenvalue weighted by atomic mass is 32.1. The average Bonchev–Trinajstić information content (AvgIpc) is 3.20. The summed E-state index contributed by atoms with van der Waals surface area (Å²) in [7, 11) is 3.69. The SMILES string of the molecule is CCOC(=O)Cc1c[nH]c2sc(-c3ccc(OC)cc3)c(CN(C)Cc3ccccc3)c2c1=O. The van der Waals surface area contributed by atoms with Crippen LogP contribution < -0.4 is 10.2 Å². The first-order valence-corrected chi connectivity index (χ1v) is 12.0. The molecule has 4 rings (SSSR count). The van der Waals surface area contributed by atoms with Crippen LogP contribution >= 0.6 is 11.3 Å². The molecule has 0 saturated carbocycles. The van der Waals surface area contributed by atoms with E-state index in [1.54, 1.807) is 31.6 Å². The van der Waals surface area contributed by atoms with Gasteiger partial charge in [-0.05, 0) is 54.9 Å². The molecule has 7 heteroatoms. The Bertz CT molecular complexity index is 1330. The van der Waals surface area contributed by atoms with E-state index in [2.05, 4.69) is 22.0 Å². The summed E-state index contributed by atoms with van der Waals surface area (Å²) in [4.78, 5) is 32.8. The van der Waals surface area contributed by atoms with Gasteiger partial charge in [0, 0.05) is 29.7 Å². The van der Waals surface area contributed by atoms with Gasteiger partial charge in [-0.25, -0.2) is 0 Å². The Hall–Kier alpha value is -3.42. The van der Waals surface area contributed by atoms with Crippen molar-refractivity contribution in [3.05, 3.63) is 87.7 Å². The molecule has 0 radical (unpaired) electrons. The zero-order valence-corrected chi connectivity index (χ0v) is 20.4. The molecule has 2 aromatic heterocycles. The van der Waals surface area contributed by atoms with Crippen molar-refractivity contribution < 1.29 is 14.3 Å². The number of thiophene rings is 1. The molecule has 0 unspecified atom stereocenters. The molecule has 176 valence electrons. The van der Waals surface area contributed by atoms with E-state index in [1.165, 1.54) is 5.56 Å². The lowest BCUT2D eigenvalue weighted by atomic mass is 10.0. The first kappa shape index (κ1) is 23.7. The predicted octanol–water partition coefficient (Wildman–Crippen LogP) is 5.00. The second-order valence-corrected chi connectivity index (χ2v) is 9.15. The van der Waals surface area contributed by atoms with Gasteiger partial charge in [0.1, 0.15) is 10.6 Å². The van der Waals surface area contributed by atoms with Crippen molar-refractivity contribution in [1.82, 2.24) is 9.88 Å². The normalized spacial score (nSPS) is 11.2. The Morgan fingerprint density at radius 1 is 1.06 bits per heavy atom. The maximum atomic E-state index is 13.5. The van der Waals surface area contributed by atoms with E-state index >= 15 is 0 Å². The van der Waals surface area contributed by atoms with Gasteiger partial charge in [-0.3, -0.25) is 14.5 Å². The lowest BCUT2D eigenvalue weighted by molar-refractivity contribution is -0.142. The number of H-pyrrole nitrogens is 1. The lowest BCUT2D eigenvalue weighted by Crippen LogP contribution is -2.20. The number of fused-ring (bicyclic) bond motifs is 1. The minimum absolute atomic E-state index is 0.0495. The minimum Gasteiger partial charge on any atom is -0.497 e. The third-order valence-corrected chi connectivity index (χ3v) is 6.83. The fraction of sp³-hybridized carbons (Fsp3) is 0.259. The zero-order chi connectivity index (χ0) is 24.1. The Morgan fingerprint density at radius 2 is 1.79 bits per heavy atom. The number of aromatic nitrogens is 1. The Balaban J connectivity index is 1.78. The van der Waals surface area contributed by atoms with Gasteiger partial charge in [-0.15, -0.1) is 11.3 Å². The molecule has 0 aliphatic rings. The van der Waals surface area contributed by atoms with Crippen LogP contribution in [-0.4, -0.2) is 36.6 Å². The molecule has 34 heavy (non-hydrogen) atoms. The van der Waals surface area contributed by atoms with E-state index in [9.17, 15) is 9.59 Å². The van der Waals surface area contributed by atoms with Gasteiger partial charge in [0.25, 0.3) is 0 Å². The number of nitrogens with zero attached hydrogens (tertiary/aromatic N) is 1. The van der Waals surface area contributed by atoms with Crippen molar-refractivity contribution in [2.24, 2.45) is 0 Å². The number of hydrogen-bond donors (Lipinski definition) is 1. The number of hydrogen-bond acceptors (Lipinski definition) is 6. The second-order valence-electron chi connectivity index (χ2n) is 8.13. The number of pyridine rings is 1. The quantitative estimate of drug-likeness (QED) is 0.344. The molecule has 0 spiro atoms. The van der Waals surface area contributed by atoms with E-state index < -0.39 is 5.97 Å². The maximum absolute atomic E-state index is 13.5. The molecule has 0 fully saturated rings. The van der Waals surface area contributed by atoms with Crippen molar-refractivity contribution in [3.8, 4) is 16.2 Å². The summed E-state index contributed by atoms with van der Waals surface area (Å²) in [6.45, 7) is 3.38. The summed E-state index contributed by atoms with van der Waals surface area (Å²) in [5.74, 6) is 0.376. The lowest BCUT2D eigenvalue weighted by Gasteiger charge is -2.18. The van der Waals surface area contributed by atoms with Gasteiger partial charge in [0.15, 0.2) is 5.43 Å². The zero-order valence-electron chi connectivity index (χ0n) is 19.6. The van der Waals surface area contributed by atoms with E-state index in [0.717, 1.165) is 33.1 Å². The Morgan fingerprint density at radius 3 is 2.47 bits per heavy atom. The molecule has 2 heterocycles. The first-order valence-electron chi connectivity index (χ1n) is 11.2. The van der Waals surface area contributed by atoms with E-state index in [0.29, 0.717) is 17.5 Å². The number of aromatic amines is 1. The van der Waals surface area contributed by atoms with Crippen LogP contribution in [0, 0.1) is 0 Å². The van der Waals surface area contributed by atoms with Crippen LogP contribution in [0.3, 0.4) is 0 Å².